The molecule has 0 unspecified atom stereocenters. The van der Waals surface area contributed by atoms with E-state index in [9.17, 15) is 4.79 Å². The van der Waals surface area contributed by atoms with Gasteiger partial charge in [0.05, 0.1) is 0 Å². The molecule has 0 atom stereocenters. The molecule has 0 radical (unpaired) electrons. The van der Waals surface area contributed by atoms with Gasteiger partial charge in [0, 0.05) is 23.6 Å². The first-order valence-corrected chi connectivity index (χ1v) is 12.5. The lowest BCUT2D eigenvalue weighted by Crippen LogP contribution is -2.28. The highest BCUT2D eigenvalue weighted by Crippen LogP contribution is 2.32. The van der Waals surface area contributed by atoms with E-state index in [-0.39, 0.29) is 17.1 Å². The van der Waals surface area contributed by atoms with Gasteiger partial charge in [-0.1, -0.05) is 26.0 Å². The van der Waals surface area contributed by atoms with Crippen LogP contribution in [-0.2, 0) is 11.2 Å². The van der Waals surface area contributed by atoms with Crippen LogP contribution in [-0.4, -0.2) is 23.7 Å². The highest BCUT2D eigenvalue weighted by Gasteiger charge is 2.21. The topological polar surface area (TPSA) is 47.6 Å². The minimum atomic E-state index is -0.240. The van der Waals surface area contributed by atoms with Gasteiger partial charge in [0.1, 0.15) is 22.7 Å². The number of benzene rings is 1. The third kappa shape index (κ3) is 9.07. The summed E-state index contributed by atoms with van der Waals surface area (Å²) in [4.78, 5) is 13.0. The molecule has 1 heterocycles. The van der Waals surface area contributed by atoms with Gasteiger partial charge in [0.2, 0.25) is 5.91 Å². The second-order valence-corrected chi connectivity index (χ2v) is 10.3. The molecule has 0 aliphatic carbocycles. The summed E-state index contributed by atoms with van der Waals surface area (Å²) in [6.07, 6.45) is 8.08. The lowest BCUT2D eigenvalue weighted by Gasteiger charge is -2.29. The maximum Gasteiger partial charge on any atom is 0.244 e. The van der Waals surface area contributed by atoms with E-state index in [1.54, 1.807) is 17.4 Å². The van der Waals surface area contributed by atoms with Crippen LogP contribution in [0.15, 0.2) is 41.8 Å². The summed E-state index contributed by atoms with van der Waals surface area (Å²) in [5.41, 5.74) is 0.725. The third-order valence-corrected chi connectivity index (χ3v) is 6.47. The van der Waals surface area contributed by atoms with Crippen LogP contribution in [0.4, 0.5) is 0 Å². The van der Waals surface area contributed by atoms with Crippen molar-refractivity contribution in [3.05, 3.63) is 52.2 Å². The molecule has 2 rings (SSSR count). The van der Waals surface area contributed by atoms with E-state index in [0.717, 1.165) is 48.5 Å². The zero-order chi connectivity index (χ0) is 23.6. The van der Waals surface area contributed by atoms with E-state index >= 15 is 0 Å². The number of hydrogen-bond acceptors (Lipinski definition) is 4. The lowest BCUT2D eigenvalue weighted by molar-refractivity contribution is -0.116. The number of hydrogen-bond donors (Lipinski definition) is 1. The first kappa shape index (κ1) is 26.0. The van der Waals surface area contributed by atoms with Crippen molar-refractivity contribution in [2.45, 2.75) is 84.8 Å². The number of carbonyl (C=O) groups excluding carboxylic acids is 1. The first-order valence-electron chi connectivity index (χ1n) is 11.6. The third-order valence-electron chi connectivity index (χ3n) is 5.64. The number of unbranched alkanes of at least 4 members (excludes halogenated alkanes) is 1. The number of amides is 1. The van der Waals surface area contributed by atoms with Crippen molar-refractivity contribution in [2.75, 3.05) is 6.54 Å². The summed E-state index contributed by atoms with van der Waals surface area (Å²) in [6, 6.07) is 10.2. The highest BCUT2D eigenvalue weighted by molar-refractivity contribution is 7.10. The van der Waals surface area contributed by atoms with Gasteiger partial charge < -0.3 is 14.8 Å². The fourth-order valence-corrected chi connectivity index (χ4v) is 3.53. The Kier molecular flexibility index (Phi) is 9.83. The van der Waals surface area contributed by atoms with Crippen molar-refractivity contribution in [1.29, 1.82) is 0 Å². The maximum atomic E-state index is 12.0. The van der Waals surface area contributed by atoms with Crippen molar-refractivity contribution in [2.24, 2.45) is 0 Å². The van der Waals surface area contributed by atoms with Crippen molar-refractivity contribution >= 4 is 23.3 Å². The number of carbonyl (C=O) groups is 1. The molecular formula is C27H39NO3S. The molecule has 0 fully saturated rings. The van der Waals surface area contributed by atoms with Gasteiger partial charge in [-0.3, -0.25) is 4.79 Å². The zero-order valence-corrected chi connectivity index (χ0v) is 21.3. The van der Waals surface area contributed by atoms with E-state index in [2.05, 4.69) is 52.9 Å². The van der Waals surface area contributed by atoms with Crippen molar-refractivity contribution < 1.29 is 14.3 Å². The van der Waals surface area contributed by atoms with Crippen molar-refractivity contribution in [3.8, 4) is 11.5 Å². The van der Waals surface area contributed by atoms with E-state index < -0.39 is 0 Å². The van der Waals surface area contributed by atoms with Gasteiger partial charge in [-0.25, -0.2) is 0 Å². The van der Waals surface area contributed by atoms with Crippen LogP contribution in [0.2, 0.25) is 0 Å². The van der Waals surface area contributed by atoms with Crippen LogP contribution in [0.25, 0.3) is 6.08 Å². The predicted octanol–water partition coefficient (Wildman–Crippen LogP) is 7.04. The minimum Gasteiger partial charge on any atom is -0.488 e. The summed E-state index contributed by atoms with van der Waals surface area (Å²) in [5.74, 6) is 1.68. The minimum absolute atomic E-state index is 0.0489. The number of aryl methyl sites for hydroxylation is 1. The first-order chi connectivity index (χ1) is 15.1. The molecular weight excluding hydrogens is 418 g/mol. The molecule has 0 bridgehead atoms. The SMILES string of the molecule is CCC(C)(C)Oc1ccc(CCCCNC(=O)C=Cc2cccs2)c(OC(C)(C)CC)c1. The Labute approximate surface area is 198 Å². The Hall–Kier alpha value is -2.27. The van der Waals surface area contributed by atoms with Crippen LogP contribution < -0.4 is 14.8 Å². The summed E-state index contributed by atoms with van der Waals surface area (Å²) < 4.78 is 12.6. The fourth-order valence-electron chi connectivity index (χ4n) is 2.92. The summed E-state index contributed by atoms with van der Waals surface area (Å²) in [6.45, 7) is 13.3. The molecule has 5 heteroatoms. The van der Waals surface area contributed by atoms with Crippen molar-refractivity contribution in [3.63, 3.8) is 0 Å². The summed E-state index contributed by atoms with van der Waals surface area (Å²) >= 11 is 1.62. The summed E-state index contributed by atoms with van der Waals surface area (Å²) in [7, 11) is 0. The molecule has 176 valence electrons. The molecule has 32 heavy (non-hydrogen) atoms. The van der Waals surface area contributed by atoms with Gasteiger partial charge in [-0.2, -0.15) is 0 Å². The standard InChI is InChI=1S/C27H39NO3S/c1-7-26(3,4)30-22-15-14-21(24(20-22)31-27(5,6)8-2)12-9-10-18-28-25(29)17-16-23-13-11-19-32-23/h11,13-17,19-20H,7-10,12,18H2,1-6H3,(H,28,29). The summed E-state index contributed by atoms with van der Waals surface area (Å²) in [5, 5.41) is 4.96. The molecule has 0 saturated carbocycles. The largest absolute Gasteiger partial charge is 0.488 e. The Morgan fingerprint density at radius 3 is 2.41 bits per heavy atom. The van der Waals surface area contributed by atoms with Gasteiger partial charge in [0.15, 0.2) is 0 Å². The van der Waals surface area contributed by atoms with E-state index in [4.69, 9.17) is 9.47 Å². The molecule has 4 nitrogen and oxygen atoms in total. The fraction of sp³-hybridized carbons (Fsp3) is 0.519. The molecule has 0 aliphatic heterocycles. The number of rotatable bonds is 13. The van der Waals surface area contributed by atoms with Crippen LogP contribution >= 0.6 is 11.3 Å². The Balaban J connectivity index is 1.91. The smallest absolute Gasteiger partial charge is 0.244 e. The van der Waals surface area contributed by atoms with Gasteiger partial charge in [-0.15, -0.1) is 11.3 Å². The monoisotopic (exact) mass is 457 g/mol. The van der Waals surface area contributed by atoms with Crippen molar-refractivity contribution in [1.82, 2.24) is 5.32 Å². The molecule has 1 aromatic carbocycles. The van der Waals surface area contributed by atoms with Crippen LogP contribution in [0.1, 0.15) is 77.7 Å². The lowest BCUT2D eigenvalue weighted by atomic mass is 10.0. The average molecular weight is 458 g/mol. The zero-order valence-electron chi connectivity index (χ0n) is 20.5. The van der Waals surface area contributed by atoms with Crippen LogP contribution in [0.3, 0.4) is 0 Å². The molecule has 0 saturated heterocycles. The second kappa shape index (κ2) is 12.1. The Morgan fingerprint density at radius 1 is 1.03 bits per heavy atom. The molecule has 0 aliphatic rings. The number of ether oxygens (including phenoxy) is 2. The quantitative estimate of drug-likeness (QED) is 0.259. The molecule has 2 aromatic rings. The highest BCUT2D eigenvalue weighted by atomic mass is 32.1. The normalized spacial score (nSPS) is 12.2. The van der Waals surface area contributed by atoms with Crippen LogP contribution in [0, 0.1) is 0 Å². The van der Waals surface area contributed by atoms with Gasteiger partial charge in [0.25, 0.3) is 0 Å². The number of nitrogens with one attached hydrogen (secondary N) is 1. The molecule has 1 N–H and O–H groups in total. The molecule has 1 aromatic heterocycles. The second-order valence-electron chi connectivity index (χ2n) is 9.30. The molecule has 0 spiro atoms. The van der Waals surface area contributed by atoms with E-state index in [1.165, 1.54) is 5.56 Å². The number of thiophene rings is 1. The Morgan fingerprint density at radius 2 is 1.75 bits per heavy atom. The van der Waals surface area contributed by atoms with Gasteiger partial charge >= 0.3 is 0 Å². The van der Waals surface area contributed by atoms with Gasteiger partial charge in [-0.05, 0) is 89.0 Å². The van der Waals surface area contributed by atoms with Crippen LogP contribution in [0.5, 0.6) is 11.5 Å². The maximum absolute atomic E-state index is 12.0. The van der Waals surface area contributed by atoms with E-state index in [1.807, 2.05) is 35.7 Å². The predicted molar refractivity (Wildman–Crippen MR) is 136 cm³/mol. The average Bonchev–Trinajstić information content (AvgIpc) is 3.26. The van der Waals surface area contributed by atoms with E-state index in [0.29, 0.717) is 6.54 Å². The molecule has 1 amide bonds. The Bertz CT molecular complexity index is 869.